The van der Waals surface area contributed by atoms with Crippen LogP contribution in [0.1, 0.15) is 44.9 Å². The summed E-state index contributed by atoms with van der Waals surface area (Å²) in [5.74, 6) is 2.76. The first-order valence-corrected chi connectivity index (χ1v) is 8.03. The summed E-state index contributed by atoms with van der Waals surface area (Å²) in [5.41, 5.74) is 2.48. The number of rotatable bonds is 6. The van der Waals surface area contributed by atoms with Crippen molar-refractivity contribution in [2.24, 2.45) is 11.8 Å². The van der Waals surface area contributed by atoms with Crippen molar-refractivity contribution in [2.75, 3.05) is 24.5 Å². The third-order valence-corrected chi connectivity index (χ3v) is 4.25. The van der Waals surface area contributed by atoms with E-state index in [1.54, 1.807) is 0 Å². The molecule has 1 aromatic rings. The molecule has 0 aliphatic carbocycles. The van der Waals surface area contributed by atoms with Crippen molar-refractivity contribution in [3.8, 4) is 0 Å². The Morgan fingerprint density at radius 2 is 2.20 bits per heavy atom. The Morgan fingerprint density at radius 1 is 1.40 bits per heavy atom. The van der Waals surface area contributed by atoms with Crippen LogP contribution in [0.3, 0.4) is 0 Å². The highest BCUT2D eigenvalue weighted by molar-refractivity contribution is 5.43. The lowest BCUT2D eigenvalue weighted by Gasteiger charge is -2.20. The molecule has 1 saturated heterocycles. The summed E-state index contributed by atoms with van der Waals surface area (Å²) in [5, 5.41) is 3.48. The molecule has 0 aromatic carbocycles. The molecule has 2 heterocycles. The Kier molecular flexibility index (Phi) is 5.41. The molecule has 0 radical (unpaired) electrons. The molecule has 1 unspecified atom stereocenters. The number of hydrogen-bond acceptors (Lipinski definition) is 3. The van der Waals surface area contributed by atoms with Crippen molar-refractivity contribution in [3.63, 3.8) is 0 Å². The van der Waals surface area contributed by atoms with Gasteiger partial charge in [-0.15, -0.1) is 0 Å². The summed E-state index contributed by atoms with van der Waals surface area (Å²) < 4.78 is 0. The van der Waals surface area contributed by atoms with Gasteiger partial charge in [0.05, 0.1) is 0 Å². The highest BCUT2D eigenvalue weighted by atomic mass is 15.2. The molecule has 0 spiro atoms. The minimum atomic E-state index is 0.774. The first-order valence-electron chi connectivity index (χ1n) is 8.03. The molecule has 1 atom stereocenters. The second kappa shape index (κ2) is 7.07. The Morgan fingerprint density at radius 3 is 2.85 bits per heavy atom. The van der Waals surface area contributed by atoms with Crippen molar-refractivity contribution in [1.82, 2.24) is 10.3 Å². The Balaban J connectivity index is 2.04. The summed E-state index contributed by atoms with van der Waals surface area (Å²) in [6.07, 6.45) is 2.48. The van der Waals surface area contributed by atoms with Gasteiger partial charge in [-0.3, -0.25) is 0 Å². The smallest absolute Gasteiger partial charge is 0.129 e. The van der Waals surface area contributed by atoms with Gasteiger partial charge >= 0.3 is 0 Å². The number of anilines is 1. The van der Waals surface area contributed by atoms with E-state index in [0.29, 0.717) is 0 Å². The van der Waals surface area contributed by atoms with Crippen LogP contribution in [0.25, 0.3) is 0 Å². The average molecular weight is 275 g/mol. The lowest BCUT2D eigenvalue weighted by Crippen LogP contribution is -2.23. The van der Waals surface area contributed by atoms with E-state index in [0.717, 1.165) is 43.7 Å². The molecule has 112 valence electrons. The van der Waals surface area contributed by atoms with Crippen LogP contribution < -0.4 is 10.2 Å². The molecule has 0 saturated carbocycles. The molecule has 1 N–H and O–H groups in total. The van der Waals surface area contributed by atoms with Crippen molar-refractivity contribution in [3.05, 3.63) is 23.4 Å². The van der Waals surface area contributed by atoms with E-state index in [1.807, 2.05) is 0 Å². The molecular weight excluding hydrogens is 246 g/mol. The standard InChI is InChI=1S/C17H29N3/c1-5-7-18-11-15-9-14(4)19-17(10-15)20-8-6-16(12-20)13(2)3/h9-10,13,16,18H,5-8,11-12H2,1-4H3. The van der Waals surface area contributed by atoms with E-state index >= 15 is 0 Å². The predicted molar refractivity (Wildman–Crippen MR) is 86.1 cm³/mol. The van der Waals surface area contributed by atoms with Crippen LogP contribution >= 0.6 is 0 Å². The molecule has 0 bridgehead atoms. The van der Waals surface area contributed by atoms with Gasteiger partial charge in [0.1, 0.15) is 5.82 Å². The molecule has 1 aromatic heterocycles. The Hall–Kier alpha value is -1.09. The van der Waals surface area contributed by atoms with Crippen LogP contribution in [-0.2, 0) is 6.54 Å². The minimum absolute atomic E-state index is 0.774. The molecule has 0 amide bonds. The zero-order chi connectivity index (χ0) is 14.5. The topological polar surface area (TPSA) is 28.2 Å². The van der Waals surface area contributed by atoms with Gasteiger partial charge in [-0.25, -0.2) is 4.98 Å². The first kappa shape index (κ1) is 15.3. The largest absolute Gasteiger partial charge is 0.356 e. The third-order valence-electron chi connectivity index (χ3n) is 4.25. The molecular formula is C17H29N3. The number of nitrogens with zero attached hydrogens (tertiary/aromatic N) is 2. The van der Waals surface area contributed by atoms with Crippen molar-refractivity contribution in [1.29, 1.82) is 0 Å². The van der Waals surface area contributed by atoms with Gasteiger partial charge in [0.25, 0.3) is 0 Å². The van der Waals surface area contributed by atoms with Gasteiger partial charge in [0, 0.05) is 25.3 Å². The zero-order valence-corrected chi connectivity index (χ0v) is 13.4. The van der Waals surface area contributed by atoms with Gasteiger partial charge < -0.3 is 10.2 Å². The molecule has 2 rings (SSSR count). The fourth-order valence-electron chi connectivity index (χ4n) is 2.93. The molecule has 3 heteroatoms. The monoisotopic (exact) mass is 275 g/mol. The van der Waals surface area contributed by atoms with E-state index in [4.69, 9.17) is 4.98 Å². The van der Waals surface area contributed by atoms with Crippen LogP contribution in [0.15, 0.2) is 12.1 Å². The lowest BCUT2D eigenvalue weighted by molar-refractivity contribution is 0.422. The number of aryl methyl sites for hydroxylation is 1. The molecule has 1 aliphatic heterocycles. The van der Waals surface area contributed by atoms with Crippen molar-refractivity contribution >= 4 is 5.82 Å². The van der Waals surface area contributed by atoms with Crippen LogP contribution in [0.2, 0.25) is 0 Å². The number of aromatic nitrogens is 1. The molecule has 20 heavy (non-hydrogen) atoms. The number of pyridine rings is 1. The van der Waals surface area contributed by atoms with Crippen molar-refractivity contribution in [2.45, 2.75) is 47.1 Å². The average Bonchev–Trinajstić information content (AvgIpc) is 2.88. The fraction of sp³-hybridized carbons (Fsp3) is 0.706. The molecule has 3 nitrogen and oxygen atoms in total. The van der Waals surface area contributed by atoms with Gasteiger partial charge in [0.2, 0.25) is 0 Å². The quantitative estimate of drug-likeness (QED) is 0.807. The lowest BCUT2D eigenvalue weighted by atomic mass is 9.95. The van der Waals surface area contributed by atoms with E-state index in [9.17, 15) is 0 Å². The normalized spacial score (nSPS) is 19.1. The highest BCUT2D eigenvalue weighted by Gasteiger charge is 2.25. The summed E-state index contributed by atoms with van der Waals surface area (Å²) in [6.45, 7) is 13.3. The second-order valence-corrected chi connectivity index (χ2v) is 6.39. The molecule has 1 fully saturated rings. The predicted octanol–water partition coefficient (Wildman–Crippen LogP) is 3.37. The minimum Gasteiger partial charge on any atom is -0.356 e. The summed E-state index contributed by atoms with van der Waals surface area (Å²) in [7, 11) is 0. The van der Waals surface area contributed by atoms with Crippen LogP contribution in [0.4, 0.5) is 5.82 Å². The van der Waals surface area contributed by atoms with Crippen LogP contribution in [0, 0.1) is 18.8 Å². The maximum Gasteiger partial charge on any atom is 0.129 e. The van der Waals surface area contributed by atoms with Gasteiger partial charge in [-0.1, -0.05) is 20.8 Å². The van der Waals surface area contributed by atoms with E-state index < -0.39 is 0 Å². The number of nitrogens with one attached hydrogen (secondary N) is 1. The van der Waals surface area contributed by atoms with Crippen LogP contribution in [0.5, 0.6) is 0 Å². The summed E-state index contributed by atoms with van der Waals surface area (Å²) >= 11 is 0. The summed E-state index contributed by atoms with van der Waals surface area (Å²) in [6, 6.07) is 4.46. The van der Waals surface area contributed by atoms with Gasteiger partial charge in [-0.05, 0) is 55.8 Å². The maximum absolute atomic E-state index is 4.74. The van der Waals surface area contributed by atoms with Gasteiger partial charge in [0.15, 0.2) is 0 Å². The van der Waals surface area contributed by atoms with E-state index in [1.165, 1.54) is 24.2 Å². The SMILES string of the molecule is CCCNCc1cc(C)nc(N2CCC(C(C)C)C2)c1. The first-order chi connectivity index (χ1) is 9.60. The number of hydrogen-bond donors (Lipinski definition) is 1. The fourth-order valence-corrected chi connectivity index (χ4v) is 2.93. The summed E-state index contributed by atoms with van der Waals surface area (Å²) in [4.78, 5) is 7.20. The van der Waals surface area contributed by atoms with Crippen molar-refractivity contribution < 1.29 is 0 Å². The second-order valence-electron chi connectivity index (χ2n) is 6.39. The maximum atomic E-state index is 4.74. The Bertz CT molecular complexity index is 428. The van der Waals surface area contributed by atoms with Gasteiger partial charge in [-0.2, -0.15) is 0 Å². The van der Waals surface area contributed by atoms with E-state index in [-0.39, 0.29) is 0 Å². The third kappa shape index (κ3) is 3.95. The molecule has 1 aliphatic rings. The highest BCUT2D eigenvalue weighted by Crippen LogP contribution is 2.27. The zero-order valence-electron chi connectivity index (χ0n) is 13.4. The Labute approximate surface area is 123 Å². The van der Waals surface area contributed by atoms with Crippen LogP contribution in [-0.4, -0.2) is 24.6 Å². The van der Waals surface area contributed by atoms with E-state index in [2.05, 4.69) is 50.0 Å².